The van der Waals surface area contributed by atoms with Gasteiger partial charge in [0.05, 0.1) is 11.1 Å². The van der Waals surface area contributed by atoms with Crippen molar-refractivity contribution >= 4 is 11.6 Å². The predicted octanol–water partition coefficient (Wildman–Crippen LogP) is 3.70. The minimum atomic E-state index is -0.359. The Hall–Kier alpha value is -0.640. The maximum Gasteiger partial charge on any atom is 0.142 e. The first-order valence-electron chi connectivity index (χ1n) is 6.47. The highest BCUT2D eigenvalue weighted by Gasteiger charge is 2.15. The van der Waals surface area contributed by atoms with Gasteiger partial charge in [-0.25, -0.2) is 4.39 Å². The van der Waals surface area contributed by atoms with Crippen molar-refractivity contribution in [2.24, 2.45) is 0 Å². The van der Waals surface area contributed by atoms with Crippen LogP contribution in [0.2, 0.25) is 5.02 Å². The Labute approximate surface area is 112 Å². The van der Waals surface area contributed by atoms with E-state index in [0.29, 0.717) is 6.10 Å². The van der Waals surface area contributed by atoms with Crippen molar-refractivity contribution in [2.45, 2.75) is 38.3 Å². The van der Waals surface area contributed by atoms with Crippen molar-refractivity contribution in [3.8, 4) is 0 Å². The molecular weight excluding hydrogens is 253 g/mol. The Morgan fingerprint density at radius 2 is 2.39 bits per heavy atom. The van der Waals surface area contributed by atoms with E-state index in [2.05, 4.69) is 5.32 Å². The van der Waals surface area contributed by atoms with Crippen LogP contribution in [0.1, 0.15) is 37.8 Å². The molecule has 1 heterocycles. The molecule has 4 heteroatoms. The molecule has 0 saturated carbocycles. The Bertz CT molecular complexity index is 393. The van der Waals surface area contributed by atoms with Crippen molar-refractivity contribution in [1.29, 1.82) is 0 Å². The third-order valence-corrected chi connectivity index (χ3v) is 3.69. The van der Waals surface area contributed by atoms with E-state index < -0.39 is 0 Å². The fourth-order valence-corrected chi connectivity index (χ4v) is 2.35. The second-order valence-electron chi connectivity index (χ2n) is 4.77. The monoisotopic (exact) mass is 271 g/mol. The van der Waals surface area contributed by atoms with Crippen LogP contribution in [0.15, 0.2) is 18.2 Å². The molecule has 18 heavy (non-hydrogen) atoms. The van der Waals surface area contributed by atoms with Crippen LogP contribution in [0.5, 0.6) is 0 Å². The highest BCUT2D eigenvalue weighted by atomic mass is 35.5. The van der Waals surface area contributed by atoms with Crippen molar-refractivity contribution in [2.75, 3.05) is 13.2 Å². The third-order valence-electron chi connectivity index (χ3n) is 3.38. The normalized spacial score (nSPS) is 21.2. The summed E-state index contributed by atoms with van der Waals surface area (Å²) in [4.78, 5) is 0. The number of halogens is 2. The molecule has 100 valence electrons. The molecule has 0 aromatic heterocycles. The number of rotatable bonds is 5. The van der Waals surface area contributed by atoms with Gasteiger partial charge in [0.25, 0.3) is 0 Å². The molecule has 2 rings (SSSR count). The zero-order chi connectivity index (χ0) is 13.0. The fraction of sp³-hybridized carbons (Fsp3) is 0.571. The van der Waals surface area contributed by atoms with Crippen LogP contribution in [0.4, 0.5) is 4.39 Å². The number of benzene rings is 1. The maximum absolute atomic E-state index is 13.3. The van der Waals surface area contributed by atoms with Crippen LogP contribution in [-0.4, -0.2) is 19.3 Å². The van der Waals surface area contributed by atoms with Gasteiger partial charge in [-0.15, -0.1) is 0 Å². The average molecular weight is 272 g/mol. The summed E-state index contributed by atoms with van der Waals surface area (Å²) in [7, 11) is 0. The van der Waals surface area contributed by atoms with E-state index in [0.717, 1.165) is 31.6 Å². The zero-order valence-electron chi connectivity index (χ0n) is 10.6. The van der Waals surface area contributed by atoms with Gasteiger partial charge in [-0.05, 0) is 50.4 Å². The van der Waals surface area contributed by atoms with Gasteiger partial charge >= 0.3 is 0 Å². The lowest BCUT2D eigenvalue weighted by Crippen LogP contribution is -2.23. The summed E-state index contributed by atoms with van der Waals surface area (Å²) >= 11 is 5.66. The van der Waals surface area contributed by atoms with Gasteiger partial charge in [0, 0.05) is 12.6 Å². The molecule has 0 radical (unpaired) electrons. The zero-order valence-corrected chi connectivity index (χ0v) is 11.3. The Morgan fingerprint density at radius 1 is 1.56 bits per heavy atom. The Kier molecular flexibility index (Phi) is 4.98. The number of hydrogen-bond donors (Lipinski definition) is 1. The Balaban J connectivity index is 1.79. The topological polar surface area (TPSA) is 21.3 Å². The average Bonchev–Trinajstić information content (AvgIpc) is 2.85. The molecule has 2 unspecified atom stereocenters. The van der Waals surface area contributed by atoms with Gasteiger partial charge in [0.2, 0.25) is 0 Å². The smallest absolute Gasteiger partial charge is 0.142 e. The molecule has 1 aromatic rings. The van der Waals surface area contributed by atoms with Crippen LogP contribution >= 0.6 is 11.6 Å². The van der Waals surface area contributed by atoms with Crippen LogP contribution in [0.25, 0.3) is 0 Å². The van der Waals surface area contributed by atoms with E-state index in [1.807, 2.05) is 13.0 Å². The largest absolute Gasteiger partial charge is 0.378 e. The van der Waals surface area contributed by atoms with Gasteiger partial charge in [-0.2, -0.15) is 0 Å². The summed E-state index contributed by atoms with van der Waals surface area (Å²) in [6, 6.07) is 5.07. The van der Waals surface area contributed by atoms with Crippen LogP contribution in [0, 0.1) is 5.82 Å². The molecule has 1 fully saturated rings. The molecule has 1 aliphatic rings. The van der Waals surface area contributed by atoms with Gasteiger partial charge < -0.3 is 10.1 Å². The van der Waals surface area contributed by atoms with Crippen LogP contribution < -0.4 is 5.32 Å². The van der Waals surface area contributed by atoms with Crippen molar-refractivity contribution in [1.82, 2.24) is 5.32 Å². The number of hydrogen-bond acceptors (Lipinski definition) is 2. The van der Waals surface area contributed by atoms with Gasteiger partial charge in [-0.3, -0.25) is 0 Å². The predicted molar refractivity (Wildman–Crippen MR) is 71.4 cm³/mol. The van der Waals surface area contributed by atoms with E-state index in [4.69, 9.17) is 16.3 Å². The molecule has 0 aliphatic carbocycles. The van der Waals surface area contributed by atoms with Gasteiger partial charge in [0.1, 0.15) is 5.82 Å². The minimum absolute atomic E-state index is 0.123. The lowest BCUT2D eigenvalue weighted by molar-refractivity contribution is 0.103. The Morgan fingerprint density at radius 3 is 3.06 bits per heavy atom. The second-order valence-corrected chi connectivity index (χ2v) is 5.18. The maximum atomic E-state index is 13.3. The quantitative estimate of drug-likeness (QED) is 0.882. The molecule has 1 N–H and O–H groups in total. The second kappa shape index (κ2) is 6.50. The lowest BCUT2D eigenvalue weighted by atomic mass is 10.1. The van der Waals surface area contributed by atoms with Crippen molar-refractivity contribution < 1.29 is 9.13 Å². The standard InChI is InChI=1S/C14H19ClFNO/c1-10(11-4-5-13(15)14(16)9-11)17-7-6-12-3-2-8-18-12/h4-5,9-10,12,17H,2-3,6-8H2,1H3. The van der Waals surface area contributed by atoms with Crippen molar-refractivity contribution in [3.05, 3.63) is 34.6 Å². The van der Waals surface area contributed by atoms with E-state index in [1.165, 1.54) is 12.5 Å². The van der Waals surface area contributed by atoms with Gasteiger partial charge in [0.15, 0.2) is 0 Å². The van der Waals surface area contributed by atoms with Gasteiger partial charge in [-0.1, -0.05) is 17.7 Å². The molecular formula is C14H19ClFNO. The highest BCUT2D eigenvalue weighted by molar-refractivity contribution is 6.30. The van der Waals surface area contributed by atoms with Crippen LogP contribution in [0.3, 0.4) is 0 Å². The molecule has 1 aliphatic heterocycles. The van der Waals surface area contributed by atoms with Crippen LogP contribution in [-0.2, 0) is 4.74 Å². The minimum Gasteiger partial charge on any atom is -0.378 e. The summed E-state index contributed by atoms with van der Waals surface area (Å²) in [5.74, 6) is -0.359. The van der Waals surface area contributed by atoms with E-state index in [1.54, 1.807) is 6.07 Å². The lowest BCUT2D eigenvalue weighted by Gasteiger charge is -2.16. The van der Waals surface area contributed by atoms with E-state index >= 15 is 0 Å². The summed E-state index contributed by atoms with van der Waals surface area (Å²) in [5, 5.41) is 3.55. The molecule has 0 bridgehead atoms. The molecule has 2 atom stereocenters. The summed E-state index contributed by atoms with van der Waals surface area (Å²) < 4.78 is 18.9. The molecule has 1 aromatic carbocycles. The first kappa shape index (κ1) is 13.8. The number of nitrogens with one attached hydrogen (secondary N) is 1. The highest BCUT2D eigenvalue weighted by Crippen LogP contribution is 2.20. The summed E-state index contributed by atoms with van der Waals surface area (Å²) in [6.45, 7) is 3.80. The molecule has 0 spiro atoms. The molecule has 0 amide bonds. The molecule has 1 saturated heterocycles. The summed E-state index contributed by atoms with van der Waals surface area (Å²) in [6.07, 6.45) is 3.74. The molecule has 2 nitrogen and oxygen atoms in total. The van der Waals surface area contributed by atoms with Crippen molar-refractivity contribution in [3.63, 3.8) is 0 Å². The van der Waals surface area contributed by atoms with E-state index in [9.17, 15) is 4.39 Å². The first-order chi connectivity index (χ1) is 8.66. The fourth-order valence-electron chi connectivity index (χ4n) is 2.23. The number of ether oxygens (including phenoxy) is 1. The van der Waals surface area contributed by atoms with E-state index in [-0.39, 0.29) is 16.9 Å². The third kappa shape index (κ3) is 3.67. The summed E-state index contributed by atoms with van der Waals surface area (Å²) in [5.41, 5.74) is 0.921. The first-order valence-corrected chi connectivity index (χ1v) is 6.84. The SMILES string of the molecule is CC(NCCC1CCCO1)c1ccc(Cl)c(F)c1.